The third-order valence-corrected chi connectivity index (χ3v) is 4.86. The van der Waals surface area contributed by atoms with Crippen LogP contribution in [0.3, 0.4) is 0 Å². The maximum absolute atomic E-state index is 12.5. The van der Waals surface area contributed by atoms with E-state index >= 15 is 0 Å². The number of ether oxygens (including phenoxy) is 1. The van der Waals surface area contributed by atoms with Crippen LogP contribution in [0.25, 0.3) is 0 Å². The van der Waals surface area contributed by atoms with Gasteiger partial charge in [0.2, 0.25) is 0 Å². The molecule has 0 aliphatic heterocycles. The monoisotopic (exact) mass is 401 g/mol. The SMILES string of the molecule is CC(C)[C@H](C(=O)OCC(=O)N[C@H](C)CCc1ccccc1)c1ccc(Cl)cc1. The summed E-state index contributed by atoms with van der Waals surface area (Å²) in [5, 5.41) is 3.50. The Hall–Kier alpha value is -2.33. The summed E-state index contributed by atoms with van der Waals surface area (Å²) in [5.41, 5.74) is 2.07. The van der Waals surface area contributed by atoms with E-state index in [4.69, 9.17) is 16.3 Å². The molecule has 2 aromatic rings. The van der Waals surface area contributed by atoms with E-state index < -0.39 is 11.9 Å². The van der Waals surface area contributed by atoms with Crippen molar-refractivity contribution >= 4 is 23.5 Å². The molecule has 0 unspecified atom stereocenters. The van der Waals surface area contributed by atoms with Gasteiger partial charge >= 0.3 is 5.97 Å². The number of rotatable bonds is 9. The maximum Gasteiger partial charge on any atom is 0.314 e. The molecule has 1 N–H and O–H groups in total. The Morgan fingerprint density at radius 1 is 1.00 bits per heavy atom. The van der Waals surface area contributed by atoms with Crippen molar-refractivity contribution in [3.63, 3.8) is 0 Å². The molecular weight excluding hydrogens is 374 g/mol. The lowest BCUT2D eigenvalue weighted by molar-refractivity contribution is -0.151. The van der Waals surface area contributed by atoms with Gasteiger partial charge in [0.1, 0.15) is 0 Å². The van der Waals surface area contributed by atoms with Crippen LogP contribution in [0.5, 0.6) is 0 Å². The van der Waals surface area contributed by atoms with Gasteiger partial charge in [-0.05, 0) is 48.9 Å². The molecule has 0 spiro atoms. The number of carbonyl (C=O) groups is 2. The average molecular weight is 402 g/mol. The van der Waals surface area contributed by atoms with Gasteiger partial charge in [0.15, 0.2) is 6.61 Å². The number of hydrogen-bond acceptors (Lipinski definition) is 3. The molecule has 0 radical (unpaired) electrons. The highest BCUT2D eigenvalue weighted by molar-refractivity contribution is 6.30. The van der Waals surface area contributed by atoms with Gasteiger partial charge in [-0.25, -0.2) is 0 Å². The fourth-order valence-corrected chi connectivity index (χ4v) is 3.23. The van der Waals surface area contributed by atoms with E-state index in [2.05, 4.69) is 17.4 Å². The van der Waals surface area contributed by atoms with E-state index in [1.807, 2.05) is 51.1 Å². The molecule has 0 saturated carbocycles. The van der Waals surface area contributed by atoms with Crippen LogP contribution in [0.4, 0.5) is 0 Å². The molecule has 5 heteroatoms. The molecule has 0 aromatic heterocycles. The first-order valence-electron chi connectivity index (χ1n) is 9.62. The summed E-state index contributed by atoms with van der Waals surface area (Å²) in [4.78, 5) is 24.7. The molecule has 2 rings (SSSR count). The first-order valence-corrected chi connectivity index (χ1v) is 10.00. The van der Waals surface area contributed by atoms with E-state index in [-0.39, 0.29) is 24.5 Å². The van der Waals surface area contributed by atoms with Crippen LogP contribution < -0.4 is 5.32 Å². The number of amides is 1. The normalized spacial score (nSPS) is 13.0. The standard InChI is InChI=1S/C23H28ClNO3/c1-16(2)22(19-11-13-20(24)14-12-19)23(27)28-15-21(26)25-17(3)9-10-18-7-5-4-6-8-18/h4-8,11-14,16-17,22H,9-10,15H2,1-3H3,(H,25,26)/t17-,22+/m1/s1. The number of esters is 1. The van der Waals surface area contributed by atoms with Gasteiger partial charge in [0, 0.05) is 11.1 Å². The smallest absolute Gasteiger partial charge is 0.314 e. The van der Waals surface area contributed by atoms with Crippen molar-refractivity contribution in [2.24, 2.45) is 5.92 Å². The van der Waals surface area contributed by atoms with Crippen molar-refractivity contribution in [2.75, 3.05) is 6.61 Å². The Labute approximate surface area is 172 Å². The number of aryl methyl sites for hydroxylation is 1. The summed E-state index contributed by atoms with van der Waals surface area (Å²) in [6.07, 6.45) is 1.71. The number of halogens is 1. The van der Waals surface area contributed by atoms with Gasteiger partial charge in [-0.2, -0.15) is 0 Å². The Morgan fingerprint density at radius 2 is 1.64 bits per heavy atom. The van der Waals surface area contributed by atoms with Crippen LogP contribution in [0.1, 0.15) is 44.2 Å². The van der Waals surface area contributed by atoms with Gasteiger partial charge < -0.3 is 10.1 Å². The molecule has 0 bridgehead atoms. The molecule has 4 nitrogen and oxygen atoms in total. The zero-order valence-electron chi connectivity index (χ0n) is 16.7. The van der Waals surface area contributed by atoms with Crippen molar-refractivity contribution in [3.8, 4) is 0 Å². The van der Waals surface area contributed by atoms with E-state index in [9.17, 15) is 9.59 Å². The van der Waals surface area contributed by atoms with Gasteiger partial charge in [0.05, 0.1) is 5.92 Å². The van der Waals surface area contributed by atoms with E-state index in [1.54, 1.807) is 12.1 Å². The third kappa shape index (κ3) is 7.01. The van der Waals surface area contributed by atoms with E-state index in [0.29, 0.717) is 5.02 Å². The molecular formula is C23H28ClNO3. The molecule has 0 aliphatic carbocycles. The number of carbonyl (C=O) groups excluding carboxylic acids is 2. The fourth-order valence-electron chi connectivity index (χ4n) is 3.11. The van der Waals surface area contributed by atoms with Crippen molar-refractivity contribution in [2.45, 2.75) is 45.6 Å². The Kier molecular flexibility index (Phi) is 8.52. The Bertz CT molecular complexity index is 759. The van der Waals surface area contributed by atoms with Gasteiger partial charge in [-0.1, -0.05) is 67.9 Å². The number of hydrogen-bond donors (Lipinski definition) is 1. The molecule has 0 aliphatic rings. The van der Waals surface area contributed by atoms with Crippen LogP contribution >= 0.6 is 11.6 Å². The fraction of sp³-hybridized carbons (Fsp3) is 0.391. The van der Waals surface area contributed by atoms with E-state index in [1.165, 1.54) is 5.56 Å². The molecule has 0 saturated heterocycles. The van der Waals surface area contributed by atoms with Crippen molar-refractivity contribution < 1.29 is 14.3 Å². The molecule has 0 fully saturated rings. The van der Waals surface area contributed by atoms with Crippen LogP contribution in [-0.4, -0.2) is 24.5 Å². The summed E-state index contributed by atoms with van der Waals surface area (Å²) >= 11 is 5.92. The average Bonchev–Trinajstić information content (AvgIpc) is 2.67. The van der Waals surface area contributed by atoms with Crippen LogP contribution in [0, 0.1) is 5.92 Å². The Balaban J connectivity index is 1.81. The van der Waals surface area contributed by atoms with Crippen LogP contribution in [0.15, 0.2) is 54.6 Å². The number of benzene rings is 2. The molecule has 150 valence electrons. The van der Waals surface area contributed by atoms with Crippen LogP contribution in [0.2, 0.25) is 5.02 Å². The minimum absolute atomic E-state index is 0.00330. The second-order valence-corrected chi connectivity index (χ2v) is 7.81. The predicted molar refractivity (Wildman–Crippen MR) is 112 cm³/mol. The topological polar surface area (TPSA) is 55.4 Å². The third-order valence-electron chi connectivity index (χ3n) is 4.61. The second kappa shape index (κ2) is 10.9. The highest BCUT2D eigenvalue weighted by Crippen LogP contribution is 2.27. The molecule has 0 heterocycles. The first kappa shape index (κ1) is 22.0. The highest BCUT2D eigenvalue weighted by Gasteiger charge is 2.26. The minimum Gasteiger partial charge on any atom is -0.455 e. The van der Waals surface area contributed by atoms with Gasteiger partial charge in [0.25, 0.3) is 5.91 Å². The van der Waals surface area contributed by atoms with Crippen molar-refractivity contribution in [1.29, 1.82) is 0 Å². The molecule has 2 aromatic carbocycles. The van der Waals surface area contributed by atoms with Gasteiger partial charge in [-0.3, -0.25) is 9.59 Å². The largest absolute Gasteiger partial charge is 0.455 e. The first-order chi connectivity index (χ1) is 13.4. The van der Waals surface area contributed by atoms with Crippen molar-refractivity contribution in [3.05, 3.63) is 70.7 Å². The van der Waals surface area contributed by atoms with E-state index in [0.717, 1.165) is 18.4 Å². The summed E-state index contributed by atoms with van der Waals surface area (Å²) in [7, 11) is 0. The van der Waals surface area contributed by atoms with Crippen LogP contribution in [-0.2, 0) is 20.7 Å². The zero-order chi connectivity index (χ0) is 20.5. The second-order valence-electron chi connectivity index (χ2n) is 7.37. The summed E-state index contributed by atoms with van der Waals surface area (Å²) in [6, 6.07) is 17.3. The lowest BCUT2D eigenvalue weighted by atomic mass is 9.88. The quantitative estimate of drug-likeness (QED) is 0.616. The summed E-state index contributed by atoms with van der Waals surface area (Å²) in [5.74, 6) is -1.07. The van der Waals surface area contributed by atoms with Gasteiger partial charge in [-0.15, -0.1) is 0 Å². The predicted octanol–water partition coefficient (Wildman–Crippen LogP) is 4.76. The molecule has 28 heavy (non-hydrogen) atoms. The Morgan fingerprint density at radius 3 is 2.25 bits per heavy atom. The minimum atomic E-state index is -0.430. The maximum atomic E-state index is 12.5. The molecule has 2 atom stereocenters. The number of nitrogens with one attached hydrogen (secondary N) is 1. The summed E-state index contributed by atoms with van der Waals surface area (Å²) in [6.45, 7) is 5.58. The zero-order valence-corrected chi connectivity index (χ0v) is 17.4. The lowest BCUT2D eigenvalue weighted by Crippen LogP contribution is -2.36. The summed E-state index contributed by atoms with van der Waals surface area (Å²) < 4.78 is 5.29. The molecule has 1 amide bonds. The highest BCUT2D eigenvalue weighted by atomic mass is 35.5. The van der Waals surface area contributed by atoms with Crippen molar-refractivity contribution in [1.82, 2.24) is 5.32 Å². The lowest BCUT2D eigenvalue weighted by Gasteiger charge is -2.20.